The van der Waals surface area contributed by atoms with E-state index in [2.05, 4.69) is 0 Å². The smallest absolute Gasteiger partial charge is 0.390 e. The molecule has 0 aliphatic heterocycles. The lowest BCUT2D eigenvalue weighted by atomic mass is 10.5. The van der Waals surface area contributed by atoms with Crippen LogP contribution in [0.4, 0.5) is 13.2 Å². The fourth-order valence-electron chi connectivity index (χ4n) is 0.533. The lowest BCUT2D eigenvalue weighted by Gasteiger charge is -2.04. The van der Waals surface area contributed by atoms with Crippen LogP contribution in [-0.2, 0) is 15.6 Å². The summed E-state index contributed by atoms with van der Waals surface area (Å²) < 4.78 is 45.4. The van der Waals surface area contributed by atoms with Gasteiger partial charge in [0.1, 0.15) is 0 Å². The van der Waals surface area contributed by atoms with E-state index in [1.54, 1.807) is 0 Å². The lowest BCUT2D eigenvalue weighted by Crippen LogP contribution is -2.15. The summed E-state index contributed by atoms with van der Waals surface area (Å²) in [7, 11) is -1.69. The first-order chi connectivity index (χ1) is 5.81. The van der Waals surface area contributed by atoms with Crippen molar-refractivity contribution >= 4 is 16.8 Å². The SMILES string of the molecule is O=C(O)CCS(=O)CCC(F)(F)F. The standard InChI is InChI=1S/C6H9F3O3S/c7-6(8,9)2-4-13(12)3-1-5(10)11/h1-4H2,(H,10,11). The molecule has 3 nitrogen and oxygen atoms in total. The van der Waals surface area contributed by atoms with Crippen LogP contribution in [0.5, 0.6) is 0 Å². The predicted octanol–water partition coefficient (Wildman–Crippen LogP) is 1.16. The third-order valence-corrected chi connectivity index (χ3v) is 2.48. The molecule has 78 valence electrons. The second-order valence-electron chi connectivity index (χ2n) is 2.36. The molecule has 0 aliphatic carbocycles. The second kappa shape index (κ2) is 5.21. The van der Waals surface area contributed by atoms with E-state index in [1.165, 1.54) is 0 Å². The Morgan fingerprint density at radius 3 is 2.23 bits per heavy atom. The topological polar surface area (TPSA) is 54.4 Å². The van der Waals surface area contributed by atoms with E-state index in [0.717, 1.165) is 0 Å². The normalized spacial score (nSPS) is 14.1. The fraction of sp³-hybridized carbons (Fsp3) is 0.833. The maximum atomic E-state index is 11.6. The molecule has 1 unspecified atom stereocenters. The van der Waals surface area contributed by atoms with Gasteiger partial charge >= 0.3 is 12.1 Å². The molecular weight excluding hydrogens is 209 g/mol. The first-order valence-electron chi connectivity index (χ1n) is 3.45. The van der Waals surface area contributed by atoms with Crippen LogP contribution in [0.15, 0.2) is 0 Å². The van der Waals surface area contributed by atoms with Gasteiger partial charge in [0.25, 0.3) is 0 Å². The summed E-state index contributed by atoms with van der Waals surface area (Å²) in [5.41, 5.74) is 0. The van der Waals surface area contributed by atoms with Crippen LogP contribution < -0.4 is 0 Å². The zero-order chi connectivity index (χ0) is 10.5. The number of hydrogen-bond donors (Lipinski definition) is 1. The Morgan fingerprint density at radius 1 is 1.31 bits per heavy atom. The maximum absolute atomic E-state index is 11.6. The van der Waals surface area contributed by atoms with Gasteiger partial charge in [-0.2, -0.15) is 13.2 Å². The first kappa shape index (κ1) is 12.4. The molecular formula is C6H9F3O3S. The summed E-state index contributed by atoms with van der Waals surface area (Å²) in [4.78, 5) is 9.95. The Labute approximate surface area is 75.4 Å². The van der Waals surface area contributed by atoms with Crippen LogP contribution in [0.25, 0.3) is 0 Å². The summed E-state index contributed by atoms with van der Waals surface area (Å²) in [6.45, 7) is 0. The minimum Gasteiger partial charge on any atom is -0.481 e. The van der Waals surface area contributed by atoms with Crippen molar-refractivity contribution in [1.29, 1.82) is 0 Å². The van der Waals surface area contributed by atoms with Crippen molar-refractivity contribution in [2.24, 2.45) is 0 Å². The number of carboxylic acids is 1. The average Bonchev–Trinajstić information content (AvgIpc) is 1.95. The lowest BCUT2D eigenvalue weighted by molar-refractivity contribution is -0.136. The van der Waals surface area contributed by atoms with Crippen molar-refractivity contribution < 1.29 is 27.3 Å². The van der Waals surface area contributed by atoms with Crippen LogP contribution in [-0.4, -0.2) is 33.0 Å². The molecule has 7 heteroatoms. The highest BCUT2D eigenvalue weighted by atomic mass is 32.2. The molecule has 0 spiro atoms. The van der Waals surface area contributed by atoms with Crippen LogP contribution in [0.1, 0.15) is 12.8 Å². The second-order valence-corrected chi connectivity index (χ2v) is 4.05. The van der Waals surface area contributed by atoms with Gasteiger partial charge in [0.15, 0.2) is 0 Å². The van der Waals surface area contributed by atoms with E-state index < -0.39 is 35.1 Å². The van der Waals surface area contributed by atoms with Crippen LogP contribution >= 0.6 is 0 Å². The van der Waals surface area contributed by atoms with Gasteiger partial charge in [-0.3, -0.25) is 9.00 Å². The van der Waals surface area contributed by atoms with Gasteiger partial charge in [-0.25, -0.2) is 0 Å². The number of halogens is 3. The molecule has 1 N–H and O–H groups in total. The largest absolute Gasteiger partial charge is 0.481 e. The molecule has 0 bridgehead atoms. The Bertz CT molecular complexity index is 202. The number of aliphatic carboxylic acids is 1. The van der Waals surface area contributed by atoms with Crippen molar-refractivity contribution in [3.63, 3.8) is 0 Å². The summed E-state index contributed by atoms with van der Waals surface area (Å²) in [6.07, 6.45) is -5.80. The molecule has 13 heavy (non-hydrogen) atoms. The number of hydrogen-bond acceptors (Lipinski definition) is 2. The number of carboxylic acid groups (broad SMARTS) is 1. The molecule has 0 heterocycles. The van der Waals surface area contributed by atoms with Crippen molar-refractivity contribution in [3.05, 3.63) is 0 Å². The van der Waals surface area contributed by atoms with Gasteiger partial charge in [0.2, 0.25) is 0 Å². The summed E-state index contributed by atoms with van der Waals surface area (Å²) in [5.74, 6) is -1.89. The molecule has 0 radical (unpaired) electrons. The molecule has 0 aliphatic rings. The predicted molar refractivity (Wildman–Crippen MR) is 40.8 cm³/mol. The Balaban J connectivity index is 3.58. The summed E-state index contributed by atoms with van der Waals surface area (Å²) in [6, 6.07) is 0. The zero-order valence-electron chi connectivity index (χ0n) is 6.63. The van der Waals surface area contributed by atoms with E-state index >= 15 is 0 Å². The zero-order valence-corrected chi connectivity index (χ0v) is 7.45. The van der Waals surface area contributed by atoms with Gasteiger partial charge in [0.05, 0.1) is 12.8 Å². The maximum Gasteiger partial charge on any atom is 0.390 e. The molecule has 0 amide bonds. The van der Waals surface area contributed by atoms with Crippen molar-refractivity contribution in [1.82, 2.24) is 0 Å². The number of alkyl halides is 3. The number of rotatable bonds is 5. The average molecular weight is 218 g/mol. The van der Waals surface area contributed by atoms with Crippen molar-refractivity contribution in [3.8, 4) is 0 Å². The Hall–Kier alpha value is -0.590. The summed E-state index contributed by atoms with van der Waals surface area (Å²) >= 11 is 0. The minimum absolute atomic E-state index is 0.217. The van der Waals surface area contributed by atoms with E-state index in [1.807, 2.05) is 0 Å². The molecule has 0 aromatic carbocycles. The fourth-order valence-corrected chi connectivity index (χ4v) is 1.60. The highest BCUT2D eigenvalue weighted by molar-refractivity contribution is 7.84. The molecule has 0 saturated heterocycles. The van der Waals surface area contributed by atoms with E-state index in [-0.39, 0.29) is 12.2 Å². The van der Waals surface area contributed by atoms with E-state index in [9.17, 15) is 22.2 Å². The van der Waals surface area contributed by atoms with Crippen LogP contribution in [0, 0.1) is 0 Å². The van der Waals surface area contributed by atoms with E-state index in [0.29, 0.717) is 0 Å². The van der Waals surface area contributed by atoms with Gasteiger partial charge in [-0.1, -0.05) is 0 Å². The highest BCUT2D eigenvalue weighted by Crippen LogP contribution is 2.19. The third kappa shape index (κ3) is 9.32. The van der Waals surface area contributed by atoms with Gasteiger partial charge in [-0.15, -0.1) is 0 Å². The highest BCUT2D eigenvalue weighted by Gasteiger charge is 2.27. The van der Waals surface area contributed by atoms with Gasteiger partial charge in [0, 0.05) is 22.3 Å². The molecule has 1 atom stereocenters. The molecule has 0 rings (SSSR count). The molecule has 0 fully saturated rings. The molecule has 0 aromatic heterocycles. The van der Waals surface area contributed by atoms with Crippen LogP contribution in [0.3, 0.4) is 0 Å². The minimum atomic E-state index is -4.32. The Kier molecular flexibility index (Phi) is 4.97. The van der Waals surface area contributed by atoms with Crippen LogP contribution in [0.2, 0.25) is 0 Å². The Morgan fingerprint density at radius 2 is 1.85 bits per heavy atom. The van der Waals surface area contributed by atoms with Crippen molar-refractivity contribution in [2.45, 2.75) is 19.0 Å². The van der Waals surface area contributed by atoms with Crippen molar-refractivity contribution in [2.75, 3.05) is 11.5 Å². The first-order valence-corrected chi connectivity index (χ1v) is 4.93. The quantitative estimate of drug-likeness (QED) is 0.753. The van der Waals surface area contributed by atoms with E-state index in [4.69, 9.17) is 5.11 Å². The number of carbonyl (C=O) groups is 1. The summed E-state index contributed by atoms with van der Waals surface area (Å²) in [5, 5.41) is 8.13. The monoisotopic (exact) mass is 218 g/mol. The van der Waals surface area contributed by atoms with Gasteiger partial charge in [-0.05, 0) is 0 Å². The molecule has 0 aromatic rings. The third-order valence-electron chi connectivity index (χ3n) is 1.16. The van der Waals surface area contributed by atoms with Gasteiger partial charge < -0.3 is 5.11 Å². The molecule has 0 saturated carbocycles.